The first-order valence-electron chi connectivity index (χ1n) is 19.1. The van der Waals surface area contributed by atoms with E-state index in [0.29, 0.717) is 58.7 Å². The average Bonchev–Trinajstić information content (AvgIpc) is 3.16. The SMILES string of the molecule is NCCCC[C@H](N)C(=O)NCCCN(CCCNC(=O)[C@@H](N)CCCCN)CCOc1ccc(CCCCN=C(N)NC(=O)c2nc(Cl)c(N)nc2N)cc1.S.S. The zero-order chi connectivity index (χ0) is 40.4. The molecular weight excluding hydrogens is 792 g/mol. The summed E-state index contributed by atoms with van der Waals surface area (Å²) >= 11 is 5.84. The lowest BCUT2D eigenvalue weighted by Crippen LogP contribution is -2.42. The summed E-state index contributed by atoms with van der Waals surface area (Å²) in [6, 6.07) is 6.88. The van der Waals surface area contributed by atoms with E-state index < -0.39 is 18.0 Å². The van der Waals surface area contributed by atoms with E-state index in [-0.39, 0.29) is 67.2 Å². The second-order valence-corrected chi connectivity index (χ2v) is 13.6. The van der Waals surface area contributed by atoms with Crippen molar-refractivity contribution in [1.29, 1.82) is 0 Å². The Labute approximate surface area is 355 Å². The Kier molecular flexibility index (Phi) is 29.4. The van der Waals surface area contributed by atoms with Crippen molar-refractivity contribution in [3.05, 3.63) is 40.7 Å². The number of carbonyl (C=O) groups is 3. The third-order valence-electron chi connectivity index (χ3n) is 8.63. The van der Waals surface area contributed by atoms with E-state index in [2.05, 4.69) is 35.8 Å². The Balaban J connectivity index is 0.0000157. The first-order chi connectivity index (χ1) is 26.4. The summed E-state index contributed by atoms with van der Waals surface area (Å²) in [5, 5.41) is 8.16. The van der Waals surface area contributed by atoms with Crippen LogP contribution in [0.3, 0.4) is 0 Å². The second-order valence-electron chi connectivity index (χ2n) is 13.2. The number of unbranched alkanes of at least 4 members (excludes halogenated alkanes) is 3. The highest BCUT2D eigenvalue weighted by Gasteiger charge is 2.17. The van der Waals surface area contributed by atoms with Gasteiger partial charge in [0.25, 0.3) is 5.91 Å². The van der Waals surface area contributed by atoms with Crippen LogP contribution >= 0.6 is 38.6 Å². The molecule has 0 unspecified atom stereocenters. The summed E-state index contributed by atoms with van der Waals surface area (Å²) in [5.41, 5.74) is 41.2. The number of nitrogen functional groups attached to an aromatic ring is 2. The number of anilines is 2. The zero-order valence-corrected chi connectivity index (χ0v) is 35.7. The number of aryl methyl sites for hydroxylation is 1. The van der Waals surface area contributed by atoms with Crippen LogP contribution < -0.4 is 60.8 Å². The zero-order valence-electron chi connectivity index (χ0n) is 32.9. The lowest BCUT2D eigenvalue weighted by molar-refractivity contribution is -0.123. The van der Waals surface area contributed by atoms with Crippen LogP contribution in [0.15, 0.2) is 29.3 Å². The number of nitrogens with two attached hydrogens (primary N) is 7. The van der Waals surface area contributed by atoms with Gasteiger partial charge in [0.1, 0.15) is 12.4 Å². The number of rotatable bonds is 28. The molecule has 324 valence electrons. The van der Waals surface area contributed by atoms with Crippen LogP contribution in [0, 0.1) is 0 Å². The maximum absolute atomic E-state index is 12.4. The molecule has 0 radical (unpaired) electrons. The van der Waals surface area contributed by atoms with Crippen LogP contribution in [0.4, 0.5) is 11.6 Å². The predicted octanol–water partition coefficient (Wildman–Crippen LogP) is 0.193. The highest BCUT2D eigenvalue weighted by Crippen LogP contribution is 2.17. The van der Waals surface area contributed by atoms with E-state index >= 15 is 0 Å². The van der Waals surface area contributed by atoms with Gasteiger partial charge in [-0.2, -0.15) is 27.0 Å². The molecule has 18 nitrogen and oxygen atoms in total. The van der Waals surface area contributed by atoms with Crippen LogP contribution in [-0.2, 0) is 16.0 Å². The number of benzene rings is 1. The molecule has 0 aliphatic carbocycles. The third kappa shape index (κ3) is 22.8. The molecule has 0 bridgehead atoms. The molecule has 2 atom stereocenters. The normalized spacial score (nSPS) is 12.2. The van der Waals surface area contributed by atoms with Gasteiger partial charge in [-0.25, -0.2) is 9.97 Å². The van der Waals surface area contributed by atoms with Crippen LogP contribution in [0.1, 0.15) is 80.3 Å². The molecule has 0 saturated heterocycles. The number of carbonyl (C=O) groups excluding carboxylic acids is 3. The first-order valence-corrected chi connectivity index (χ1v) is 19.4. The monoisotopic (exact) mass is 858 g/mol. The van der Waals surface area contributed by atoms with Gasteiger partial charge in [-0.1, -0.05) is 36.6 Å². The molecule has 0 fully saturated rings. The molecule has 1 aromatic carbocycles. The van der Waals surface area contributed by atoms with Gasteiger partial charge in [0.2, 0.25) is 11.8 Å². The van der Waals surface area contributed by atoms with E-state index in [0.717, 1.165) is 82.2 Å². The van der Waals surface area contributed by atoms with Crippen molar-refractivity contribution in [3.63, 3.8) is 0 Å². The van der Waals surface area contributed by atoms with Gasteiger partial charge in [-0.3, -0.25) is 29.6 Å². The number of hydrogen-bond donors (Lipinski definition) is 10. The fraction of sp³-hybridized carbons (Fsp3) is 0.611. The van der Waals surface area contributed by atoms with Crippen molar-refractivity contribution in [2.24, 2.45) is 33.7 Å². The fourth-order valence-corrected chi connectivity index (χ4v) is 5.54. The summed E-state index contributed by atoms with van der Waals surface area (Å²) in [7, 11) is 0. The van der Waals surface area contributed by atoms with Crippen LogP contribution in [0.25, 0.3) is 0 Å². The third-order valence-corrected chi connectivity index (χ3v) is 8.91. The predicted molar refractivity (Wildman–Crippen MR) is 239 cm³/mol. The number of ether oxygens (including phenoxy) is 1. The molecule has 0 saturated carbocycles. The number of aromatic nitrogens is 2. The smallest absolute Gasteiger partial charge is 0.280 e. The standard InChI is InChI=1S/C36H63ClN14O4.2H2S/c37-30-32(43)49-31(42)29(48-30)35(54)50-36(44)47-18-6-3-9-25-12-14-26(15-13-25)55-24-23-51(21-7-19-45-33(52)27(40)10-1-4-16-38)22-8-20-46-34(53)28(41)11-2-5-17-39;;/h12-15,27-28H,1-11,16-24,38-41H2,(H,45,52)(H,46,53)(H4,42,43,49)(H3,44,47,50,54);2*1H2/t27-,28-;;/m0../s1. The lowest BCUT2D eigenvalue weighted by atomic mass is 10.1. The van der Waals surface area contributed by atoms with Crippen molar-refractivity contribution in [3.8, 4) is 5.75 Å². The summed E-state index contributed by atoms with van der Waals surface area (Å²) in [6.07, 6.45) is 8.47. The maximum atomic E-state index is 12.4. The van der Waals surface area contributed by atoms with E-state index in [4.69, 9.17) is 56.5 Å². The van der Waals surface area contributed by atoms with E-state index in [9.17, 15) is 14.4 Å². The van der Waals surface area contributed by atoms with Crippen LogP contribution in [0.2, 0.25) is 5.15 Å². The molecule has 0 spiro atoms. The van der Waals surface area contributed by atoms with Gasteiger partial charge >= 0.3 is 0 Å². The van der Waals surface area contributed by atoms with E-state index in [1.165, 1.54) is 0 Å². The molecule has 0 aliphatic rings. The minimum absolute atomic E-state index is 0. The first kappa shape index (κ1) is 53.4. The van der Waals surface area contributed by atoms with Crippen molar-refractivity contribution in [2.75, 3.05) is 70.4 Å². The largest absolute Gasteiger partial charge is 0.492 e. The van der Waals surface area contributed by atoms with Crippen molar-refractivity contribution in [2.45, 2.75) is 82.7 Å². The van der Waals surface area contributed by atoms with E-state index in [1.54, 1.807) is 0 Å². The van der Waals surface area contributed by atoms with Crippen LogP contribution in [-0.4, -0.2) is 110 Å². The molecule has 2 aromatic rings. The number of halogens is 1. The van der Waals surface area contributed by atoms with Crippen LogP contribution in [0.5, 0.6) is 5.75 Å². The number of nitrogens with one attached hydrogen (secondary N) is 3. The van der Waals surface area contributed by atoms with Gasteiger partial charge in [0.15, 0.2) is 28.4 Å². The number of nitrogens with zero attached hydrogens (tertiary/aromatic N) is 4. The summed E-state index contributed by atoms with van der Waals surface area (Å²) in [5.74, 6) is -0.530. The molecule has 1 aromatic heterocycles. The number of guanidine groups is 1. The van der Waals surface area contributed by atoms with Crippen molar-refractivity contribution in [1.82, 2.24) is 30.8 Å². The Morgan fingerprint density at radius 1 is 0.772 bits per heavy atom. The Morgan fingerprint density at radius 3 is 1.88 bits per heavy atom. The summed E-state index contributed by atoms with van der Waals surface area (Å²) in [6.45, 7) is 5.22. The average molecular weight is 860 g/mol. The minimum Gasteiger partial charge on any atom is -0.492 e. The van der Waals surface area contributed by atoms with Gasteiger partial charge in [-0.05, 0) is 102 Å². The van der Waals surface area contributed by atoms with Crippen molar-refractivity contribution >= 4 is 73.9 Å². The van der Waals surface area contributed by atoms with Crippen molar-refractivity contribution < 1.29 is 19.1 Å². The number of hydrogen-bond acceptors (Lipinski definition) is 14. The lowest BCUT2D eigenvalue weighted by Gasteiger charge is -2.23. The molecule has 57 heavy (non-hydrogen) atoms. The fourth-order valence-electron chi connectivity index (χ4n) is 5.41. The molecule has 0 aliphatic heterocycles. The topological polar surface area (TPSA) is 320 Å². The minimum atomic E-state index is -0.684. The molecule has 21 heteroatoms. The highest BCUT2D eigenvalue weighted by molar-refractivity contribution is 7.59. The number of amides is 3. The Bertz CT molecular complexity index is 1440. The number of aliphatic imine (C=N–C) groups is 1. The highest BCUT2D eigenvalue weighted by atomic mass is 35.5. The molecule has 2 rings (SSSR count). The van der Waals surface area contributed by atoms with Gasteiger partial charge in [-0.15, -0.1) is 0 Å². The van der Waals surface area contributed by atoms with Gasteiger partial charge in [0, 0.05) is 26.2 Å². The maximum Gasteiger partial charge on any atom is 0.280 e. The molecule has 1 heterocycles. The molecule has 17 N–H and O–H groups in total. The second kappa shape index (κ2) is 31.4. The summed E-state index contributed by atoms with van der Waals surface area (Å²) in [4.78, 5) is 51.2. The molecule has 3 amide bonds. The molecular formula is C36H67ClN14O4S2. The van der Waals surface area contributed by atoms with Gasteiger partial charge in [0.05, 0.1) is 12.1 Å². The van der Waals surface area contributed by atoms with Gasteiger partial charge < -0.3 is 55.5 Å². The Morgan fingerprint density at radius 2 is 1.33 bits per heavy atom. The Hall–Kier alpha value is -3.63. The summed E-state index contributed by atoms with van der Waals surface area (Å²) < 4.78 is 6.06. The quantitative estimate of drug-likeness (QED) is 0.0311. The van der Waals surface area contributed by atoms with E-state index in [1.807, 2.05) is 24.3 Å².